The third-order valence-corrected chi connectivity index (χ3v) is 1.92. The minimum atomic E-state index is -0.120. The van der Waals surface area contributed by atoms with Crippen LogP contribution in [0.1, 0.15) is 26.2 Å². The fraction of sp³-hybridized carbons (Fsp3) is 0.889. The highest BCUT2D eigenvalue weighted by Gasteiger charge is 2.13. The molecule has 1 fully saturated rings. The Kier molecular flexibility index (Phi) is 4.78. The molecule has 1 N–H and O–H groups in total. The van der Waals surface area contributed by atoms with Gasteiger partial charge >= 0.3 is 0 Å². The van der Waals surface area contributed by atoms with Gasteiger partial charge in [-0.15, -0.1) is 0 Å². The molecular weight excluding hydrogens is 170 g/mol. The predicted molar refractivity (Wildman–Crippen MR) is 48.2 cm³/mol. The Hall–Kier alpha value is -0.610. The lowest BCUT2D eigenvalue weighted by molar-refractivity contribution is -0.180. The van der Waals surface area contributed by atoms with Crippen molar-refractivity contribution in [2.75, 3.05) is 19.8 Å². The van der Waals surface area contributed by atoms with Crippen LogP contribution in [-0.4, -0.2) is 32.0 Å². The zero-order valence-corrected chi connectivity index (χ0v) is 8.04. The number of nitrogens with one attached hydrogen (secondary N) is 1. The van der Waals surface area contributed by atoms with E-state index < -0.39 is 0 Å². The maximum Gasteiger partial charge on any atom is 0.219 e. The van der Waals surface area contributed by atoms with E-state index in [-0.39, 0.29) is 12.2 Å². The predicted octanol–water partition coefficient (Wildman–Crippen LogP) is 0.666. The number of hydrogen-bond acceptors (Lipinski definition) is 3. The first kappa shape index (κ1) is 10.5. The van der Waals surface area contributed by atoms with Crippen LogP contribution in [0.15, 0.2) is 0 Å². The summed E-state index contributed by atoms with van der Waals surface area (Å²) in [5.74, 6) is 0.0795. The highest BCUT2D eigenvalue weighted by molar-refractivity contribution is 5.75. The fourth-order valence-corrected chi connectivity index (χ4v) is 1.16. The van der Waals surface area contributed by atoms with Crippen molar-refractivity contribution in [3.63, 3.8) is 0 Å². The van der Waals surface area contributed by atoms with Crippen LogP contribution in [0.3, 0.4) is 0 Å². The maximum absolute atomic E-state index is 10.9. The van der Waals surface area contributed by atoms with E-state index in [0.717, 1.165) is 26.1 Å². The quantitative estimate of drug-likeness (QED) is 0.703. The van der Waals surface area contributed by atoms with Gasteiger partial charge in [0, 0.05) is 19.4 Å². The summed E-state index contributed by atoms with van der Waals surface area (Å²) in [6.07, 6.45) is 2.13. The van der Waals surface area contributed by atoms with Crippen molar-refractivity contribution in [3.05, 3.63) is 0 Å². The molecule has 0 unspecified atom stereocenters. The summed E-state index contributed by atoms with van der Waals surface area (Å²) < 4.78 is 10.6. The third-order valence-electron chi connectivity index (χ3n) is 1.92. The van der Waals surface area contributed by atoms with E-state index in [9.17, 15) is 4.79 Å². The number of carbonyl (C=O) groups is 1. The van der Waals surface area contributed by atoms with Gasteiger partial charge in [-0.05, 0) is 6.42 Å². The van der Waals surface area contributed by atoms with Gasteiger partial charge < -0.3 is 14.8 Å². The van der Waals surface area contributed by atoms with Crippen LogP contribution in [0.5, 0.6) is 0 Å². The van der Waals surface area contributed by atoms with Crippen LogP contribution in [0.25, 0.3) is 0 Å². The second-order valence-electron chi connectivity index (χ2n) is 3.02. The van der Waals surface area contributed by atoms with Crippen molar-refractivity contribution < 1.29 is 14.3 Å². The van der Waals surface area contributed by atoms with Crippen LogP contribution in [0.2, 0.25) is 0 Å². The lowest BCUT2D eigenvalue weighted by Gasteiger charge is -2.23. The van der Waals surface area contributed by atoms with E-state index >= 15 is 0 Å². The van der Waals surface area contributed by atoms with Crippen molar-refractivity contribution in [2.45, 2.75) is 32.5 Å². The topological polar surface area (TPSA) is 47.6 Å². The SMILES string of the molecule is CCC(=O)NCCC1OCCCO1. The summed E-state index contributed by atoms with van der Waals surface area (Å²) >= 11 is 0. The minimum absolute atomic E-state index is 0.0795. The van der Waals surface area contributed by atoms with E-state index in [2.05, 4.69) is 5.32 Å². The largest absolute Gasteiger partial charge is 0.356 e. The van der Waals surface area contributed by atoms with Gasteiger partial charge in [0.25, 0.3) is 0 Å². The lowest BCUT2D eigenvalue weighted by atomic mass is 10.3. The van der Waals surface area contributed by atoms with Crippen molar-refractivity contribution in [1.29, 1.82) is 0 Å². The van der Waals surface area contributed by atoms with Crippen molar-refractivity contribution in [3.8, 4) is 0 Å². The van der Waals surface area contributed by atoms with Crippen LogP contribution in [0.4, 0.5) is 0 Å². The Morgan fingerprint density at radius 3 is 2.77 bits per heavy atom. The normalized spacial score (nSPS) is 18.5. The smallest absolute Gasteiger partial charge is 0.219 e. The fourth-order valence-electron chi connectivity index (χ4n) is 1.16. The summed E-state index contributed by atoms with van der Waals surface area (Å²) in [4.78, 5) is 10.9. The van der Waals surface area contributed by atoms with Crippen LogP contribution < -0.4 is 5.32 Å². The van der Waals surface area contributed by atoms with Crippen molar-refractivity contribution in [2.24, 2.45) is 0 Å². The molecule has 1 amide bonds. The van der Waals surface area contributed by atoms with Gasteiger partial charge in [0.2, 0.25) is 5.91 Å². The van der Waals surface area contributed by atoms with E-state index in [1.807, 2.05) is 6.92 Å². The zero-order chi connectivity index (χ0) is 9.52. The van der Waals surface area contributed by atoms with E-state index in [1.54, 1.807) is 0 Å². The van der Waals surface area contributed by atoms with Crippen molar-refractivity contribution in [1.82, 2.24) is 5.32 Å². The molecule has 1 rings (SSSR count). The molecule has 0 radical (unpaired) electrons. The molecule has 4 nitrogen and oxygen atoms in total. The monoisotopic (exact) mass is 187 g/mol. The molecule has 0 saturated carbocycles. The van der Waals surface area contributed by atoms with Crippen LogP contribution in [-0.2, 0) is 14.3 Å². The van der Waals surface area contributed by atoms with Crippen molar-refractivity contribution >= 4 is 5.91 Å². The average Bonchev–Trinajstić information content (AvgIpc) is 2.19. The number of amides is 1. The zero-order valence-electron chi connectivity index (χ0n) is 8.04. The first-order valence-electron chi connectivity index (χ1n) is 4.83. The third kappa shape index (κ3) is 4.24. The lowest BCUT2D eigenvalue weighted by Crippen LogP contribution is -2.31. The van der Waals surface area contributed by atoms with Gasteiger partial charge in [0.1, 0.15) is 0 Å². The molecule has 0 aliphatic carbocycles. The maximum atomic E-state index is 10.9. The molecule has 1 heterocycles. The Morgan fingerprint density at radius 2 is 2.15 bits per heavy atom. The molecule has 0 aromatic carbocycles. The molecule has 76 valence electrons. The number of ether oxygens (including phenoxy) is 2. The van der Waals surface area contributed by atoms with E-state index in [0.29, 0.717) is 13.0 Å². The second kappa shape index (κ2) is 5.94. The number of hydrogen-bond donors (Lipinski definition) is 1. The average molecular weight is 187 g/mol. The molecule has 1 saturated heterocycles. The Labute approximate surface area is 78.6 Å². The van der Waals surface area contributed by atoms with Gasteiger partial charge in [0.05, 0.1) is 13.2 Å². The number of carbonyl (C=O) groups excluding carboxylic acids is 1. The standard InChI is InChI=1S/C9H17NO3/c1-2-8(11)10-5-4-9-12-6-3-7-13-9/h9H,2-7H2,1H3,(H,10,11). The summed E-state index contributed by atoms with van der Waals surface area (Å²) in [5, 5.41) is 2.78. The van der Waals surface area contributed by atoms with Gasteiger partial charge in [-0.1, -0.05) is 6.92 Å². The van der Waals surface area contributed by atoms with Crippen LogP contribution >= 0.6 is 0 Å². The Morgan fingerprint density at radius 1 is 1.46 bits per heavy atom. The van der Waals surface area contributed by atoms with E-state index in [4.69, 9.17) is 9.47 Å². The van der Waals surface area contributed by atoms with Gasteiger partial charge in [-0.3, -0.25) is 4.79 Å². The molecule has 1 aliphatic heterocycles. The Bertz CT molecular complexity index is 155. The summed E-state index contributed by atoms with van der Waals surface area (Å²) in [6.45, 7) is 4.01. The molecular formula is C9H17NO3. The molecule has 0 aromatic rings. The second-order valence-corrected chi connectivity index (χ2v) is 3.02. The van der Waals surface area contributed by atoms with E-state index in [1.165, 1.54) is 0 Å². The molecule has 0 atom stereocenters. The molecule has 1 aliphatic rings. The highest BCUT2D eigenvalue weighted by Crippen LogP contribution is 2.07. The summed E-state index contributed by atoms with van der Waals surface area (Å²) in [6, 6.07) is 0. The van der Waals surface area contributed by atoms with Gasteiger partial charge in [0.15, 0.2) is 6.29 Å². The molecule has 0 spiro atoms. The van der Waals surface area contributed by atoms with Gasteiger partial charge in [-0.2, -0.15) is 0 Å². The molecule has 0 bridgehead atoms. The first-order chi connectivity index (χ1) is 6.33. The summed E-state index contributed by atoms with van der Waals surface area (Å²) in [7, 11) is 0. The number of rotatable bonds is 4. The minimum Gasteiger partial charge on any atom is -0.356 e. The first-order valence-corrected chi connectivity index (χ1v) is 4.83. The molecule has 13 heavy (non-hydrogen) atoms. The molecule has 4 heteroatoms. The molecule has 0 aromatic heterocycles. The van der Waals surface area contributed by atoms with Gasteiger partial charge in [-0.25, -0.2) is 0 Å². The Balaban J connectivity index is 2.01. The summed E-state index contributed by atoms with van der Waals surface area (Å²) in [5.41, 5.74) is 0. The van der Waals surface area contributed by atoms with Crippen LogP contribution in [0, 0.1) is 0 Å². The highest BCUT2D eigenvalue weighted by atomic mass is 16.7.